The van der Waals surface area contributed by atoms with Gasteiger partial charge < -0.3 is 9.47 Å². The Morgan fingerprint density at radius 2 is 1.40 bits per heavy atom. The van der Waals surface area contributed by atoms with Crippen molar-refractivity contribution in [2.45, 2.75) is 51.1 Å². The van der Waals surface area contributed by atoms with Crippen molar-refractivity contribution in [1.82, 2.24) is 0 Å². The van der Waals surface area contributed by atoms with Crippen LogP contribution in [-0.2, 0) is 9.47 Å². The third-order valence-corrected chi connectivity index (χ3v) is 1.82. The van der Waals surface area contributed by atoms with Crippen LogP contribution in [0.4, 0.5) is 0 Å². The first-order valence-corrected chi connectivity index (χ1v) is 4.15. The van der Waals surface area contributed by atoms with E-state index >= 15 is 0 Å². The van der Waals surface area contributed by atoms with Crippen molar-refractivity contribution in [3.8, 4) is 0 Å². The summed E-state index contributed by atoms with van der Waals surface area (Å²) < 4.78 is 11.0. The van der Waals surface area contributed by atoms with E-state index in [1.165, 1.54) is 25.7 Å². The van der Waals surface area contributed by atoms with Gasteiger partial charge in [-0.05, 0) is 32.6 Å². The molecule has 2 fully saturated rings. The van der Waals surface area contributed by atoms with Crippen LogP contribution in [0.15, 0.2) is 0 Å². The normalized spacial score (nSPS) is 25.8. The molecule has 0 amide bonds. The van der Waals surface area contributed by atoms with Gasteiger partial charge in [0.1, 0.15) is 0 Å². The second-order valence-electron chi connectivity index (χ2n) is 3.24. The maximum atomic E-state index is 5.49. The van der Waals surface area contributed by atoms with E-state index in [0.29, 0.717) is 12.2 Å². The Balaban J connectivity index is 1.60. The zero-order valence-electron chi connectivity index (χ0n) is 6.38. The molecule has 2 saturated carbocycles. The summed E-state index contributed by atoms with van der Waals surface area (Å²) in [7, 11) is 0. The average molecular weight is 142 g/mol. The molecule has 0 aromatic rings. The lowest BCUT2D eigenvalue weighted by Crippen LogP contribution is -2.15. The van der Waals surface area contributed by atoms with Crippen molar-refractivity contribution >= 4 is 0 Å². The molecule has 2 heteroatoms. The maximum Gasteiger partial charge on any atom is 0.155 e. The second kappa shape index (κ2) is 2.51. The first-order valence-electron chi connectivity index (χ1n) is 4.15. The Morgan fingerprint density at radius 1 is 1.00 bits per heavy atom. The van der Waals surface area contributed by atoms with Crippen molar-refractivity contribution < 1.29 is 9.47 Å². The van der Waals surface area contributed by atoms with Gasteiger partial charge in [0.25, 0.3) is 0 Å². The SMILES string of the molecule is CC(OC1CC1)OC1CC1. The Morgan fingerprint density at radius 3 is 1.70 bits per heavy atom. The molecule has 0 saturated heterocycles. The predicted molar refractivity (Wildman–Crippen MR) is 37.7 cm³/mol. The standard InChI is InChI=1S/C8H14O2/c1-6(9-7-2-3-7)10-8-4-5-8/h6-8H,2-5H2,1H3. The number of hydrogen-bond donors (Lipinski definition) is 0. The minimum Gasteiger partial charge on any atom is -0.350 e. The molecule has 0 aliphatic heterocycles. The molecule has 0 N–H and O–H groups in total. The highest BCUT2D eigenvalue weighted by Gasteiger charge is 2.29. The van der Waals surface area contributed by atoms with Crippen LogP contribution >= 0.6 is 0 Å². The zero-order chi connectivity index (χ0) is 6.97. The summed E-state index contributed by atoms with van der Waals surface area (Å²) >= 11 is 0. The fourth-order valence-electron chi connectivity index (χ4n) is 0.982. The second-order valence-corrected chi connectivity index (χ2v) is 3.24. The molecule has 0 aromatic carbocycles. The minimum atomic E-state index is 0.0417. The van der Waals surface area contributed by atoms with Crippen molar-refractivity contribution in [3.05, 3.63) is 0 Å². The van der Waals surface area contributed by atoms with Gasteiger partial charge in [-0.15, -0.1) is 0 Å². The summed E-state index contributed by atoms with van der Waals surface area (Å²) in [6, 6.07) is 0. The van der Waals surface area contributed by atoms with E-state index in [1.54, 1.807) is 0 Å². The maximum absolute atomic E-state index is 5.49. The highest BCUT2D eigenvalue weighted by Crippen LogP contribution is 2.29. The molecule has 0 aromatic heterocycles. The topological polar surface area (TPSA) is 18.5 Å². The Kier molecular flexibility index (Phi) is 1.66. The van der Waals surface area contributed by atoms with Gasteiger partial charge in [-0.1, -0.05) is 0 Å². The monoisotopic (exact) mass is 142 g/mol. The fourth-order valence-corrected chi connectivity index (χ4v) is 0.982. The van der Waals surface area contributed by atoms with E-state index in [4.69, 9.17) is 9.47 Å². The van der Waals surface area contributed by atoms with Crippen molar-refractivity contribution in [2.24, 2.45) is 0 Å². The van der Waals surface area contributed by atoms with Gasteiger partial charge in [0.2, 0.25) is 0 Å². The molecular weight excluding hydrogens is 128 g/mol. The van der Waals surface area contributed by atoms with Crippen molar-refractivity contribution in [2.75, 3.05) is 0 Å². The molecule has 2 aliphatic rings. The van der Waals surface area contributed by atoms with Crippen LogP contribution in [0.1, 0.15) is 32.6 Å². The van der Waals surface area contributed by atoms with Crippen LogP contribution < -0.4 is 0 Å². The molecule has 2 rings (SSSR count). The summed E-state index contributed by atoms with van der Waals surface area (Å²) in [5.74, 6) is 0. The first-order chi connectivity index (χ1) is 4.84. The molecule has 0 atom stereocenters. The summed E-state index contributed by atoms with van der Waals surface area (Å²) in [6.07, 6.45) is 6.02. The molecule has 2 nitrogen and oxygen atoms in total. The first kappa shape index (κ1) is 6.62. The van der Waals surface area contributed by atoms with E-state index in [-0.39, 0.29) is 6.29 Å². The van der Waals surface area contributed by atoms with Crippen LogP contribution in [0.25, 0.3) is 0 Å². The lowest BCUT2D eigenvalue weighted by Gasteiger charge is -2.12. The molecule has 0 bridgehead atoms. The predicted octanol–water partition coefficient (Wildman–Crippen LogP) is 1.69. The van der Waals surface area contributed by atoms with Gasteiger partial charge in [-0.3, -0.25) is 0 Å². The molecule has 0 heterocycles. The molecule has 0 radical (unpaired) electrons. The lowest BCUT2D eigenvalue weighted by molar-refractivity contribution is -0.144. The van der Waals surface area contributed by atoms with Crippen LogP contribution in [0.5, 0.6) is 0 Å². The number of ether oxygens (including phenoxy) is 2. The van der Waals surface area contributed by atoms with Gasteiger partial charge in [-0.25, -0.2) is 0 Å². The molecule has 0 spiro atoms. The fraction of sp³-hybridized carbons (Fsp3) is 1.00. The third kappa shape index (κ3) is 1.96. The number of hydrogen-bond acceptors (Lipinski definition) is 2. The van der Waals surface area contributed by atoms with Crippen LogP contribution in [0.3, 0.4) is 0 Å². The molecule has 58 valence electrons. The highest BCUT2D eigenvalue weighted by molar-refractivity contribution is 4.76. The third-order valence-electron chi connectivity index (χ3n) is 1.82. The van der Waals surface area contributed by atoms with E-state index in [1.807, 2.05) is 6.92 Å². The van der Waals surface area contributed by atoms with Gasteiger partial charge in [0.05, 0.1) is 12.2 Å². The van der Waals surface area contributed by atoms with E-state index in [2.05, 4.69) is 0 Å². The highest BCUT2D eigenvalue weighted by atomic mass is 16.7. The van der Waals surface area contributed by atoms with Gasteiger partial charge in [-0.2, -0.15) is 0 Å². The molecule has 0 unspecified atom stereocenters. The summed E-state index contributed by atoms with van der Waals surface area (Å²) in [6.45, 7) is 2.00. The van der Waals surface area contributed by atoms with Crippen molar-refractivity contribution in [3.63, 3.8) is 0 Å². The minimum absolute atomic E-state index is 0.0417. The summed E-state index contributed by atoms with van der Waals surface area (Å²) in [5, 5.41) is 0. The quantitative estimate of drug-likeness (QED) is 0.556. The molecular formula is C8H14O2. The summed E-state index contributed by atoms with van der Waals surface area (Å²) in [5.41, 5.74) is 0. The van der Waals surface area contributed by atoms with Crippen LogP contribution in [-0.4, -0.2) is 18.5 Å². The Hall–Kier alpha value is -0.0800. The van der Waals surface area contributed by atoms with E-state index < -0.39 is 0 Å². The molecule has 2 aliphatic carbocycles. The Labute approximate surface area is 61.5 Å². The smallest absolute Gasteiger partial charge is 0.155 e. The largest absolute Gasteiger partial charge is 0.350 e. The van der Waals surface area contributed by atoms with Crippen molar-refractivity contribution in [1.29, 1.82) is 0 Å². The average Bonchev–Trinajstić information content (AvgIpc) is 2.59. The zero-order valence-corrected chi connectivity index (χ0v) is 6.38. The van der Waals surface area contributed by atoms with Crippen LogP contribution in [0, 0.1) is 0 Å². The summed E-state index contributed by atoms with van der Waals surface area (Å²) in [4.78, 5) is 0. The van der Waals surface area contributed by atoms with E-state index in [9.17, 15) is 0 Å². The van der Waals surface area contributed by atoms with E-state index in [0.717, 1.165) is 0 Å². The van der Waals surface area contributed by atoms with Gasteiger partial charge in [0, 0.05) is 0 Å². The molecule has 10 heavy (non-hydrogen) atoms. The number of rotatable bonds is 4. The Bertz CT molecular complexity index is 102. The van der Waals surface area contributed by atoms with Gasteiger partial charge in [0.15, 0.2) is 6.29 Å². The van der Waals surface area contributed by atoms with Crippen LogP contribution in [0.2, 0.25) is 0 Å². The lowest BCUT2D eigenvalue weighted by atomic mass is 10.7. The van der Waals surface area contributed by atoms with Gasteiger partial charge >= 0.3 is 0 Å².